The van der Waals surface area contributed by atoms with Crippen molar-refractivity contribution in [3.05, 3.63) is 58.6 Å². The van der Waals surface area contributed by atoms with E-state index in [4.69, 9.17) is 11.6 Å². The van der Waals surface area contributed by atoms with Gasteiger partial charge in [-0.05, 0) is 62.4 Å². The number of nitrogens with one attached hydrogen (secondary N) is 1. The molecule has 0 aromatic heterocycles. The van der Waals surface area contributed by atoms with E-state index in [1.165, 1.54) is 5.69 Å². The molecule has 1 fully saturated rings. The van der Waals surface area contributed by atoms with Crippen LogP contribution in [-0.2, 0) is 0 Å². The van der Waals surface area contributed by atoms with Crippen LogP contribution >= 0.6 is 11.6 Å². The second kappa shape index (κ2) is 8.84. The number of carbonyl (C=O) groups excluding carboxylic acids is 1. The first kappa shape index (κ1) is 20.5. The molecule has 5 nitrogen and oxygen atoms in total. The molecule has 0 spiro atoms. The van der Waals surface area contributed by atoms with Crippen molar-refractivity contribution >= 4 is 29.0 Å². The molecular weight excluding hydrogens is 372 g/mol. The van der Waals surface area contributed by atoms with Crippen molar-refractivity contribution in [2.75, 3.05) is 50.5 Å². The molecule has 150 valence electrons. The zero-order valence-electron chi connectivity index (χ0n) is 17.1. The van der Waals surface area contributed by atoms with E-state index in [1.54, 1.807) is 4.90 Å². The maximum Gasteiger partial charge on any atom is 0.322 e. The van der Waals surface area contributed by atoms with E-state index in [0.29, 0.717) is 5.02 Å². The Hall–Kier alpha value is -2.24. The van der Waals surface area contributed by atoms with Gasteiger partial charge in [0, 0.05) is 49.6 Å². The summed E-state index contributed by atoms with van der Waals surface area (Å²) in [5, 5.41) is 3.74. The second-order valence-corrected chi connectivity index (χ2v) is 7.99. The molecule has 2 aromatic rings. The quantitative estimate of drug-likeness (QED) is 0.813. The number of benzene rings is 2. The zero-order chi connectivity index (χ0) is 20.3. The first-order valence-corrected chi connectivity index (χ1v) is 10.1. The van der Waals surface area contributed by atoms with Crippen molar-refractivity contribution in [1.82, 2.24) is 9.80 Å². The number of amides is 2. The second-order valence-electron chi connectivity index (χ2n) is 7.56. The highest BCUT2D eigenvalue weighted by Gasteiger charge is 2.19. The van der Waals surface area contributed by atoms with E-state index in [-0.39, 0.29) is 12.1 Å². The molecular formula is C22H29ClN4O. The van der Waals surface area contributed by atoms with Crippen LogP contribution in [0.3, 0.4) is 0 Å². The Morgan fingerprint density at radius 1 is 1.11 bits per heavy atom. The molecule has 1 atom stereocenters. The van der Waals surface area contributed by atoms with Gasteiger partial charge in [0.15, 0.2) is 0 Å². The third-order valence-electron chi connectivity index (χ3n) is 5.57. The van der Waals surface area contributed by atoms with Crippen molar-refractivity contribution in [2.45, 2.75) is 19.9 Å². The van der Waals surface area contributed by atoms with E-state index in [1.807, 2.05) is 51.2 Å². The van der Waals surface area contributed by atoms with Gasteiger partial charge >= 0.3 is 6.03 Å². The van der Waals surface area contributed by atoms with E-state index in [2.05, 4.69) is 34.3 Å². The molecule has 1 N–H and O–H groups in total. The fourth-order valence-corrected chi connectivity index (χ4v) is 3.52. The van der Waals surface area contributed by atoms with Crippen LogP contribution in [0.4, 0.5) is 16.2 Å². The number of rotatable bonds is 4. The van der Waals surface area contributed by atoms with Gasteiger partial charge in [0.1, 0.15) is 0 Å². The molecule has 2 aromatic carbocycles. The van der Waals surface area contributed by atoms with Crippen molar-refractivity contribution in [3.63, 3.8) is 0 Å². The predicted molar refractivity (Wildman–Crippen MR) is 118 cm³/mol. The summed E-state index contributed by atoms with van der Waals surface area (Å²) in [6.45, 7) is 8.26. The molecule has 1 aliphatic heterocycles. The smallest absolute Gasteiger partial charge is 0.322 e. The van der Waals surface area contributed by atoms with Crippen LogP contribution < -0.4 is 10.2 Å². The summed E-state index contributed by atoms with van der Waals surface area (Å²) in [7, 11) is 3.96. The molecule has 6 heteroatoms. The van der Waals surface area contributed by atoms with Crippen molar-refractivity contribution in [1.29, 1.82) is 0 Å². The summed E-state index contributed by atoms with van der Waals surface area (Å²) >= 11 is 5.96. The van der Waals surface area contributed by atoms with Gasteiger partial charge in [-0.15, -0.1) is 0 Å². The van der Waals surface area contributed by atoms with Crippen molar-refractivity contribution in [3.8, 4) is 0 Å². The van der Waals surface area contributed by atoms with Crippen LogP contribution in [0, 0.1) is 6.92 Å². The van der Waals surface area contributed by atoms with Crippen molar-refractivity contribution < 1.29 is 4.79 Å². The number of hydrogen-bond acceptors (Lipinski definition) is 3. The highest BCUT2D eigenvalue weighted by Crippen LogP contribution is 2.25. The Labute approximate surface area is 172 Å². The van der Waals surface area contributed by atoms with Gasteiger partial charge in [-0.25, -0.2) is 4.79 Å². The average molecular weight is 401 g/mol. The highest BCUT2D eigenvalue weighted by molar-refractivity contribution is 6.30. The zero-order valence-corrected chi connectivity index (χ0v) is 17.8. The van der Waals surface area contributed by atoms with Crippen LogP contribution in [0.15, 0.2) is 42.5 Å². The largest absolute Gasteiger partial charge is 0.369 e. The lowest BCUT2D eigenvalue weighted by molar-refractivity contribution is 0.208. The lowest BCUT2D eigenvalue weighted by Gasteiger charge is -2.34. The Balaban J connectivity index is 1.65. The molecule has 3 rings (SSSR count). The number of halogens is 1. The Morgan fingerprint density at radius 2 is 1.75 bits per heavy atom. The van der Waals surface area contributed by atoms with Crippen LogP contribution in [0.5, 0.6) is 0 Å². The predicted octanol–water partition coefficient (Wildman–Crippen LogP) is 4.63. The molecule has 0 radical (unpaired) electrons. The van der Waals surface area contributed by atoms with E-state index in [9.17, 15) is 4.79 Å². The number of anilines is 2. The van der Waals surface area contributed by atoms with Gasteiger partial charge in [-0.2, -0.15) is 0 Å². The van der Waals surface area contributed by atoms with Gasteiger partial charge in [0.2, 0.25) is 0 Å². The van der Waals surface area contributed by atoms with E-state index in [0.717, 1.165) is 43.0 Å². The topological polar surface area (TPSA) is 38.8 Å². The standard InChI is InChI=1S/C22H29ClN4O/c1-16-15-20(27-13-11-25(3)12-14-27)9-10-21(16)24-22(28)26(4)17(2)18-5-7-19(23)8-6-18/h5-10,15,17H,11-14H2,1-4H3,(H,24,28). The summed E-state index contributed by atoms with van der Waals surface area (Å²) < 4.78 is 0. The molecule has 1 saturated heterocycles. The molecule has 2 amide bonds. The Bertz CT molecular complexity index is 816. The van der Waals surface area contributed by atoms with Gasteiger partial charge in [-0.3, -0.25) is 0 Å². The van der Waals surface area contributed by atoms with Gasteiger partial charge in [-0.1, -0.05) is 23.7 Å². The molecule has 28 heavy (non-hydrogen) atoms. The fraction of sp³-hybridized carbons (Fsp3) is 0.409. The highest BCUT2D eigenvalue weighted by atomic mass is 35.5. The van der Waals surface area contributed by atoms with Crippen molar-refractivity contribution in [2.24, 2.45) is 0 Å². The number of piperazine rings is 1. The van der Waals surface area contributed by atoms with Gasteiger partial charge < -0.3 is 20.0 Å². The Kier molecular flexibility index (Phi) is 6.47. The summed E-state index contributed by atoms with van der Waals surface area (Å²) in [5.41, 5.74) is 4.17. The number of aryl methyl sites for hydroxylation is 1. The minimum atomic E-state index is -0.127. The molecule has 1 unspecified atom stereocenters. The maximum atomic E-state index is 12.7. The van der Waals surface area contributed by atoms with Crippen LogP contribution in [-0.4, -0.2) is 56.1 Å². The summed E-state index contributed by atoms with van der Waals surface area (Å²) in [5.74, 6) is 0. The Morgan fingerprint density at radius 3 is 2.36 bits per heavy atom. The SMILES string of the molecule is Cc1cc(N2CCN(C)CC2)ccc1NC(=O)N(C)C(C)c1ccc(Cl)cc1. The third-order valence-corrected chi connectivity index (χ3v) is 5.83. The number of carbonyl (C=O) groups is 1. The fourth-order valence-electron chi connectivity index (χ4n) is 3.39. The maximum absolute atomic E-state index is 12.7. The average Bonchev–Trinajstić information content (AvgIpc) is 2.69. The normalized spacial score (nSPS) is 16.0. The number of urea groups is 1. The molecule has 0 saturated carbocycles. The molecule has 0 bridgehead atoms. The van der Waals surface area contributed by atoms with Crippen LogP contribution in [0.1, 0.15) is 24.1 Å². The number of nitrogens with zero attached hydrogens (tertiary/aromatic N) is 3. The first-order valence-electron chi connectivity index (χ1n) is 9.68. The van der Waals surface area contributed by atoms with Gasteiger partial charge in [0.05, 0.1) is 6.04 Å². The number of likely N-dealkylation sites (N-methyl/N-ethyl adjacent to an activating group) is 1. The van der Waals surface area contributed by atoms with Crippen LogP contribution in [0.2, 0.25) is 5.02 Å². The minimum Gasteiger partial charge on any atom is -0.369 e. The van der Waals surface area contributed by atoms with Crippen LogP contribution in [0.25, 0.3) is 0 Å². The molecule has 0 aliphatic carbocycles. The van der Waals surface area contributed by atoms with E-state index < -0.39 is 0 Å². The lowest BCUT2D eigenvalue weighted by Crippen LogP contribution is -2.44. The summed E-state index contributed by atoms with van der Waals surface area (Å²) in [6, 6.07) is 13.7. The van der Waals surface area contributed by atoms with E-state index >= 15 is 0 Å². The lowest BCUT2D eigenvalue weighted by atomic mass is 10.1. The van der Waals surface area contributed by atoms with Gasteiger partial charge in [0.25, 0.3) is 0 Å². The molecule has 1 heterocycles. The monoisotopic (exact) mass is 400 g/mol. The first-order chi connectivity index (χ1) is 13.3. The molecule has 1 aliphatic rings. The minimum absolute atomic E-state index is 0.0535. The summed E-state index contributed by atoms with van der Waals surface area (Å²) in [6.07, 6.45) is 0. The third kappa shape index (κ3) is 4.78. The number of hydrogen-bond donors (Lipinski definition) is 1. The summed E-state index contributed by atoms with van der Waals surface area (Å²) in [4.78, 5) is 19.2.